The summed E-state index contributed by atoms with van der Waals surface area (Å²) in [6.07, 6.45) is 1.59. The second kappa shape index (κ2) is 6.53. The molecule has 0 spiro atoms. The molecular weight excluding hydrogens is 212 g/mol. The van der Waals surface area contributed by atoms with Crippen LogP contribution in [-0.4, -0.2) is 23.5 Å². The van der Waals surface area contributed by atoms with E-state index in [1.165, 1.54) is 11.8 Å². The van der Waals surface area contributed by atoms with Gasteiger partial charge in [-0.3, -0.25) is 4.79 Å². The fourth-order valence-corrected chi connectivity index (χ4v) is 1.76. The molecule has 0 aliphatic rings. The maximum atomic E-state index is 11.3. The minimum atomic E-state index is 0.0112. The molecule has 1 unspecified atom stereocenters. The van der Waals surface area contributed by atoms with E-state index in [1.807, 2.05) is 13.0 Å². The van der Waals surface area contributed by atoms with E-state index >= 15 is 0 Å². The van der Waals surface area contributed by atoms with Gasteiger partial charge in [0, 0.05) is 11.8 Å². The average Bonchev–Trinajstić information content (AvgIpc) is 2.66. The van der Waals surface area contributed by atoms with Gasteiger partial charge in [-0.05, 0) is 19.1 Å². The number of nitrogens with one attached hydrogen (secondary N) is 1. The summed E-state index contributed by atoms with van der Waals surface area (Å²) in [5.74, 6) is 2.02. The third-order valence-corrected chi connectivity index (χ3v) is 2.88. The molecule has 1 rings (SSSR count). The van der Waals surface area contributed by atoms with E-state index < -0.39 is 0 Å². The zero-order valence-electron chi connectivity index (χ0n) is 8.73. The van der Waals surface area contributed by atoms with Crippen molar-refractivity contribution < 1.29 is 9.21 Å². The van der Waals surface area contributed by atoms with Crippen molar-refractivity contribution in [1.82, 2.24) is 5.32 Å². The van der Waals surface area contributed by atoms with Crippen LogP contribution in [0.4, 0.5) is 0 Å². The van der Waals surface area contributed by atoms with Crippen molar-refractivity contribution in [3.63, 3.8) is 0 Å². The van der Waals surface area contributed by atoms with Crippen LogP contribution in [0.2, 0.25) is 0 Å². The van der Waals surface area contributed by atoms with Crippen molar-refractivity contribution in [3.05, 3.63) is 24.2 Å². The van der Waals surface area contributed by atoms with E-state index in [0.29, 0.717) is 12.3 Å². The van der Waals surface area contributed by atoms with E-state index in [-0.39, 0.29) is 11.9 Å². The number of amides is 1. The molecule has 0 saturated heterocycles. The molecule has 1 heterocycles. The Morgan fingerprint density at radius 2 is 2.53 bits per heavy atom. The van der Waals surface area contributed by atoms with E-state index in [1.54, 1.807) is 12.3 Å². The first kappa shape index (κ1) is 12.1. The maximum absolute atomic E-state index is 11.3. The molecule has 0 aliphatic heterocycles. The monoisotopic (exact) mass is 228 g/mol. The second-order valence-corrected chi connectivity index (χ2v) is 4.38. The average molecular weight is 228 g/mol. The lowest BCUT2D eigenvalue weighted by atomic mass is 10.4. The van der Waals surface area contributed by atoms with Gasteiger partial charge in [-0.15, -0.1) is 0 Å². The van der Waals surface area contributed by atoms with E-state index in [4.69, 9.17) is 10.2 Å². The molecule has 0 saturated carbocycles. The Kier molecular flexibility index (Phi) is 5.28. The molecule has 5 heteroatoms. The summed E-state index contributed by atoms with van der Waals surface area (Å²) >= 11 is 1.54. The highest BCUT2D eigenvalue weighted by Gasteiger charge is 2.03. The highest BCUT2D eigenvalue weighted by Crippen LogP contribution is 2.02. The van der Waals surface area contributed by atoms with Gasteiger partial charge in [0.15, 0.2) is 0 Å². The van der Waals surface area contributed by atoms with Gasteiger partial charge in [-0.25, -0.2) is 0 Å². The molecule has 0 bridgehead atoms. The molecule has 4 nitrogen and oxygen atoms in total. The van der Waals surface area contributed by atoms with Crippen molar-refractivity contribution in [2.45, 2.75) is 19.5 Å². The molecule has 0 fully saturated rings. The Hall–Kier alpha value is -0.940. The molecule has 15 heavy (non-hydrogen) atoms. The van der Waals surface area contributed by atoms with Crippen LogP contribution < -0.4 is 11.1 Å². The summed E-state index contributed by atoms with van der Waals surface area (Å²) < 4.78 is 5.09. The van der Waals surface area contributed by atoms with Gasteiger partial charge in [-0.2, -0.15) is 11.8 Å². The zero-order chi connectivity index (χ0) is 11.1. The molecule has 3 N–H and O–H groups in total. The molecule has 1 amide bonds. The predicted molar refractivity (Wildman–Crippen MR) is 61.5 cm³/mol. The van der Waals surface area contributed by atoms with Gasteiger partial charge in [0.2, 0.25) is 5.91 Å². The summed E-state index contributed by atoms with van der Waals surface area (Å²) in [5.41, 5.74) is 5.56. The molecule has 0 aliphatic carbocycles. The van der Waals surface area contributed by atoms with Gasteiger partial charge >= 0.3 is 0 Å². The molecule has 1 atom stereocenters. The number of rotatable bonds is 6. The summed E-state index contributed by atoms with van der Waals surface area (Å²) in [6, 6.07) is 3.76. The molecule has 0 aromatic carbocycles. The lowest BCUT2D eigenvalue weighted by Crippen LogP contribution is -2.26. The first-order valence-corrected chi connectivity index (χ1v) is 5.96. The normalized spacial score (nSPS) is 12.4. The van der Waals surface area contributed by atoms with Crippen molar-refractivity contribution in [3.8, 4) is 0 Å². The Morgan fingerprint density at radius 1 is 1.73 bits per heavy atom. The lowest BCUT2D eigenvalue weighted by molar-refractivity contribution is -0.118. The fourth-order valence-electron chi connectivity index (χ4n) is 0.987. The zero-order valence-corrected chi connectivity index (χ0v) is 9.55. The maximum Gasteiger partial charge on any atom is 0.230 e. The largest absolute Gasteiger partial charge is 0.467 e. The van der Waals surface area contributed by atoms with Gasteiger partial charge in [-0.1, -0.05) is 0 Å². The van der Waals surface area contributed by atoms with Crippen LogP contribution in [0, 0.1) is 0 Å². The molecule has 0 radical (unpaired) electrons. The number of hydrogen-bond donors (Lipinski definition) is 2. The van der Waals surface area contributed by atoms with E-state index in [9.17, 15) is 4.79 Å². The van der Waals surface area contributed by atoms with Crippen LogP contribution in [-0.2, 0) is 11.3 Å². The number of thioether (sulfide) groups is 1. The highest BCUT2D eigenvalue weighted by atomic mass is 32.2. The minimum Gasteiger partial charge on any atom is -0.467 e. The first-order valence-electron chi connectivity index (χ1n) is 4.81. The molecule has 1 aromatic heterocycles. The molecular formula is C10H16N2O2S. The summed E-state index contributed by atoms with van der Waals surface area (Å²) in [7, 11) is 0. The van der Waals surface area contributed by atoms with E-state index in [0.717, 1.165) is 11.5 Å². The molecule has 84 valence electrons. The minimum absolute atomic E-state index is 0.0112. The summed E-state index contributed by atoms with van der Waals surface area (Å²) in [5, 5.41) is 2.76. The summed E-state index contributed by atoms with van der Waals surface area (Å²) in [4.78, 5) is 11.3. The van der Waals surface area contributed by atoms with Crippen LogP contribution in [0.5, 0.6) is 0 Å². The van der Waals surface area contributed by atoms with Crippen molar-refractivity contribution in [2.75, 3.05) is 11.5 Å². The first-order chi connectivity index (χ1) is 7.18. The number of hydrogen-bond acceptors (Lipinski definition) is 4. The number of carbonyl (C=O) groups is 1. The third-order valence-electron chi connectivity index (χ3n) is 1.65. The number of carbonyl (C=O) groups excluding carboxylic acids is 1. The van der Waals surface area contributed by atoms with Crippen molar-refractivity contribution in [2.24, 2.45) is 5.73 Å². The Morgan fingerprint density at radius 3 is 3.13 bits per heavy atom. The summed E-state index contributed by atoms with van der Waals surface area (Å²) in [6.45, 7) is 2.37. The number of furan rings is 1. The van der Waals surface area contributed by atoms with E-state index in [2.05, 4.69) is 5.32 Å². The second-order valence-electron chi connectivity index (χ2n) is 3.35. The van der Waals surface area contributed by atoms with Crippen LogP contribution >= 0.6 is 11.8 Å². The predicted octanol–water partition coefficient (Wildman–Crippen LogP) is 0.976. The highest BCUT2D eigenvalue weighted by molar-refractivity contribution is 7.99. The van der Waals surface area contributed by atoms with Gasteiger partial charge in [0.05, 0.1) is 18.6 Å². The number of nitrogens with two attached hydrogens (primary N) is 1. The quantitative estimate of drug-likeness (QED) is 0.761. The smallest absolute Gasteiger partial charge is 0.230 e. The Bertz CT molecular complexity index is 286. The Labute approximate surface area is 93.6 Å². The standard InChI is InChI=1S/C10H16N2O2S/c1-8(11)6-15-7-10(13)12-5-9-3-2-4-14-9/h2-4,8H,5-7,11H2,1H3,(H,12,13). The van der Waals surface area contributed by atoms with Gasteiger partial charge in [0.25, 0.3) is 0 Å². The third kappa shape index (κ3) is 5.49. The van der Waals surface area contributed by atoms with Crippen LogP contribution in [0.25, 0.3) is 0 Å². The van der Waals surface area contributed by atoms with Crippen molar-refractivity contribution in [1.29, 1.82) is 0 Å². The van der Waals surface area contributed by atoms with Crippen molar-refractivity contribution >= 4 is 17.7 Å². The lowest BCUT2D eigenvalue weighted by Gasteiger charge is -2.05. The van der Waals surface area contributed by atoms with Crippen LogP contribution in [0.3, 0.4) is 0 Å². The molecule has 1 aromatic rings. The van der Waals surface area contributed by atoms with Crippen LogP contribution in [0.1, 0.15) is 12.7 Å². The SMILES string of the molecule is CC(N)CSCC(=O)NCc1ccco1. The fraction of sp³-hybridized carbons (Fsp3) is 0.500. The van der Waals surface area contributed by atoms with Crippen LogP contribution in [0.15, 0.2) is 22.8 Å². The van der Waals surface area contributed by atoms with Gasteiger partial charge < -0.3 is 15.5 Å². The topological polar surface area (TPSA) is 68.3 Å². The Balaban J connectivity index is 2.09. The van der Waals surface area contributed by atoms with Gasteiger partial charge in [0.1, 0.15) is 5.76 Å².